The maximum atomic E-state index is 12.7. The van der Waals surface area contributed by atoms with Crippen LogP contribution in [-0.4, -0.2) is 47.5 Å². The van der Waals surface area contributed by atoms with E-state index in [1.54, 1.807) is 0 Å². The van der Waals surface area contributed by atoms with Gasteiger partial charge in [-0.2, -0.15) is 16.8 Å². The molecule has 4 N–H and O–H groups in total. The fraction of sp³-hybridized carbons (Fsp3) is 0. The maximum absolute atomic E-state index is 12.7. The molecule has 1 aliphatic heterocycles. The number of Topliss-reactive ketones (excluding diaryl/α,β-unsaturated/α-hetero) is 1. The van der Waals surface area contributed by atoms with Gasteiger partial charge in [0.2, 0.25) is 5.78 Å². The minimum atomic E-state index is -4.52. The van der Waals surface area contributed by atoms with E-state index in [1.807, 2.05) is 0 Å². The van der Waals surface area contributed by atoms with E-state index in [1.165, 1.54) is 12.1 Å². The smallest absolute Gasteiger partial charge is 1.00 e. The quantitative estimate of drug-likeness (QED) is 0.221. The van der Waals surface area contributed by atoms with Crippen molar-refractivity contribution in [2.75, 3.05) is 0 Å². The van der Waals surface area contributed by atoms with E-state index in [2.05, 4.69) is 9.98 Å². The number of aromatic hydroxyl groups is 1. The number of aromatic nitrogens is 1. The van der Waals surface area contributed by atoms with E-state index in [-0.39, 0.29) is 95.5 Å². The molecule has 1 aliphatic rings. The molecule has 2 heterocycles. The van der Waals surface area contributed by atoms with Crippen molar-refractivity contribution in [1.82, 2.24) is 4.98 Å². The first kappa shape index (κ1) is 25.2. The topological polar surface area (TPSA) is 174 Å². The first-order chi connectivity index (χ1) is 13.0. The zero-order valence-corrected chi connectivity index (χ0v) is 21.2. The van der Waals surface area contributed by atoms with Crippen molar-refractivity contribution >= 4 is 48.3 Å². The first-order valence-electron chi connectivity index (χ1n) is 7.54. The van der Waals surface area contributed by atoms with Gasteiger partial charge in [-0.3, -0.25) is 13.9 Å². The van der Waals surface area contributed by atoms with Crippen LogP contribution in [0.15, 0.2) is 51.2 Å². The zero-order chi connectivity index (χ0) is 20.4. The number of hydrogen-bond donors (Lipinski definition) is 4. The van der Waals surface area contributed by atoms with E-state index in [0.717, 1.165) is 24.3 Å². The van der Waals surface area contributed by atoms with Crippen molar-refractivity contribution in [3.8, 4) is 5.75 Å². The maximum Gasteiger partial charge on any atom is 1.00 e. The average Bonchev–Trinajstić information content (AvgIpc) is 3.10. The van der Waals surface area contributed by atoms with Gasteiger partial charge in [-0.25, -0.2) is 4.99 Å². The molecule has 0 spiro atoms. The second kappa shape index (κ2) is 8.47. The van der Waals surface area contributed by atoms with Gasteiger partial charge < -0.3 is 12.9 Å². The summed E-state index contributed by atoms with van der Waals surface area (Å²) in [6.07, 6.45) is 0. The molecule has 3 aromatic rings. The molecule has 0 saturated heterocycles. The molecule has 0 atom stereocenters. The first-order valence-corrected chi connectivity index (χ1v) is 10.4. The number of carbonyl (C=O) groups excluding carboxylic acids is 1. The molecule has 0 fully saturated rings. The van der Waals surface area contributed by atoms with Crippen LogP contribution in [0.1, 0.15) is 18.9 Å². The van der Waals surface area contributed by atoms with Crippen LogP contribution in [-0.2, 0) is 20.2 Å². The third kappa shape index (κ3) is 4.30. The van der Waals surface area contributed by atoms with Crippen molar-refractivity contribution in [3.05, 3.63) is 47.7 Å². The summed E-state index contributed by atoms with van der Waals surface area (Å²) in [7, 11) is -9.02. The number of nitrogens with one attached hydrogen (secondary N) is 1. The van der Waals surface area contributed by atoms with Gasteiger partial charge in [0.05, 0.1) is 21.0 Å². The van der Waals surface area contributed by atoms with Gasteiger partial charge in [-0.05, 0) is 36.4 Å². The third-order valence-electron chi connectivity index (χ3n) is 4.24. The number of aliphatic imine (C=N–C) groups is 1. The number of benzene rings is 2. The molecule has 0 aliphatic carbocycles. The molecule has 0 bridgehead atoms. The molecule has 0 radical (unpaired) electrons. The van der Waals surface area contributed by atoms with Gasteiger partial charge in [0, 0.05) is 10.9 Å². The number of ketones is 1. The second-order valence-corrected chi connectivity index (χ2v) is 8.82. The minimum absolute atomic E-state index is 0. The summed E-state index contributed by atoms with van der Waals surface area (Å²) in [5.41, 5.74) is 0.0255. The SMILES string of the molecule is O=C1C(c2[nH]c3ccc(S(=O)(=O)O)cc3c2O)=Nc2ccc(S(=O)(=O)O)cc21.[H-].[H-].[Na+].[Na+]. The van der Waals surface area contributed by atoms with Crippen molar-refractivity contribution in [2.24, 2.45) is 4.99 Å². The Labute approximate surface area is 217 Å². The van der Waals surface area contributed by atoms with Gasteiger partial charge >= 0.3 is 59.1 Å². The van der Waals surface area contributed by atoms with Crippen LogP contribution in [0.25, 0.3) is 10.9 Å². The number of rotatable bonds is 3. The molecule has 0 saturated carbocycles. The summed E-state index contributed by atoms with van der Waals surface area (Å²) in [5.74, 6) is -1.16. The molecule has 4 rings (SSSR count). The van der Waals surface area contributed by atoms with Crippen LogP contribution in [0.2, 0.25) is 0 Å². The van der Waals surface area contributed by atoms with E-state index in [4.69, 9.17) is 9.11 Å². The number of hydrogen-bond acceptors (Lipinski definition) is 7. The Morgan fingerprint density at radius 3 is 2.07 bits per heavy atom. The molecule has 10 nitrogen and oxygen atoms in total. The van der Waals surface area contributed by atoms with E-state index >= 15 is 0 Å². The van der Waals surface area contributed by atoms with Crippen LogP contribution < -0.4 is 59.1 Å². The standard InChI is InChI=1S/C16H10N2O8S2.2Na.2H/c19-15-9-5-7(27(21,22)23)1-3-11(9)17-13(15)14-16(20)10-6-8(28(24,25)26)2-4-12(10)18-14;;;;/h1-6,17,19H,(H,21,22,23)(H,24,25,26);;;;/q;2*+1;2*-1. The molecule has 14 heteroatoms. The van der Waals surface area contributed by atoms with Gasteiger partial charge in [-0.1, -0.05) is 0 Å². The monoisotopic (exact) mass is 470 g/mol. The molecule has 0 unspecified atom stereocenters. The summed E-state index contributed by atoms with van der Waals surface area (Å²) < 4.78 is 63.4. The Kier molecular flexibility index (Phi) is 7.11. The van der Waals surface area contributed by atoms with Crippen molar-refractivity contribution in [1.29, 1.82) is 0 Å². The van der Waals surface area contributed by atoms with Crippen LogP contribution in [0.5, 0.6) is 5.75 Å². The van der Waals surface area contributed by atoms with Gasteiger partial charge in [0.15, 0.2) is 5.75 Å². The molecule has 1 aromatic heterocycles. The zero-order valence-electron chi connectivity index (χ0n) is 17.6. The molecule has 30 heavy (non-hydrogen) atoms. The molecule has 0 amide bonds. The van der Waals surface area contributed by atoms with Crippen molar-refractivity contribution in [2.45, 2.75) is 9.79 Å². The average molecular weight is 470 g/mol. The molecular formula is C16H12N2Na2O8S2. The second-order valence-electron chi connectivity index (χ2n) is 5.97. The van der Waals surface area contributed by atoms with Crippen LogP contribution in [0.4, 0.5) is 5.69 Å². The molecule has 148 valence electrons. The fourth-order valence-electron chi connectivity index (χ4n) is 2.91. The number of nitrogens with zero attached hydrogens (tertiary/aromatic N) is 1. The van der Waals surface area contributed by atoms with E-state index < -0.39 is 41.6 Å². The number of fused-ring (bicyclic) bond motifs is 2. The number of aromatic amines is 1. The van der Waals surface area contributed by atoms with Crippen molar-refractivity contribution in [3.63, 3.8) is 0 Å². The number of H-pyrrole nitrogens is 1. The van der Waals surface area contributed by atoms with Gasteiger partial charge in [0.25, 0.3) is 20.2 Å². The normalized spacial score (nSPS) is 13.4. The Hall–Kier alpha value is -1.06. The van der Waals surface area contributed by atoms with Gasteiger partial charge in [0.1, 0.15) is 11.4 Å². The summed E-state index contributed by atoms with van der Waals surface area (Å²) in [6.45, 7) is 0. The summed E-state index contributed by atoms with van der Waals surface area (Å²) in [4.78, 5) is 18.6. The predicted molar refractivity (Wildman–Crippen MR) is 98.8 cm³/mol. The Morgan fingerprint density at radius 2 is 1.47 bits per heavy atom. The molecule has 2 aromatic carbocycles. The Balaban J connectivity index is 0.00000240. The molecular weight excluding hydrogens is 458 g/mol. The minimum Gasteiger partial charge on any atom is -1.00 e. The van der Waals surface area contributed by atoms with Crippen LogP contribution in [0.3, 0.4) is 0 Å². The third-order valence-corrected chi connectivity index (χ3v) is 5.93. The summed E-state index contributed by atoms with van der Waals surface area (Å²) >= 11 is 0. The summed E-state index contributed by atoms with van der Waals surface area (Å²) in [5, 5.41) is 10.5. The number of carbonyl (C=O) groups is 1. The Bertz CT molecular complexity index is 1450. The van der Waals surface area contributed by atoms with E-state index in [0.29, 0.717) is 0 Å². The largest absolute Gasteiger partial charge is 1.00 e. The van der Waals surface area contributed by atoms with Crippen LogP contribution >= 0.6 is 0 Å². The predicted octanol–water partition coefficient (Wildman–Crippen LogP) is -4.08. The van der Waals surface area contributed by atoms with E-state index in [9.17, 15) is 26.7 Å². The van der Waals surface area contributed by atoms with Crippen LogP contribution in [0, 0.1) is 0 Å². The van der Waals surface area contributed by atoms with Crippen molar-refractivity contribution < 1.29 is 97.8 Å². The fourth-order valence-corrected chi connectivity index (χ4v) is 3.93. The Morgan fingerprint density at radius 1 is 0.900 bits per heavy atom. The summed E-state index contributed by atoms with van der Waals surface area (Å²) in [6, 6.07) is 6.73. The van der Waals surface area contributed by atoms with Gasteiger partial charge in [-0.15, -0.1) is 0 Å².